The molecule has 0 radical (unpaired) electrons. The van der Waals surface area contributed by atoms with Crippen LogP contribution in [0.3, 0.4) is 0 Å². The number of pyridine rings is 1. The number of carboxylic acids is 1. The Bertz CT molecular complexity index is 1050. The Morgan fingerprint density at radius 1 is 1.25 bits per heavy atom. The molecule has 2 aromatic heterocycles. The lowest BCUT2D eigenvalue weighted by Crippen LogP contribution is -2.12. The maximum atomic E-state index is 14.3. The SMILES string of the molecule is O=C(O)CCC(=O)OCn1nc(Cc2ccc(Br)c(O)c2F)c2cccnc21. The van der Waals surface area contributed by atoms with Crippen LogP contribution in [0.4, 0.5) is 4.39 Å². The molecule has 8 nitrogen and oxygen atoms in total. The van der Waals surface area contributed by atoms with E-state index in [0.717, 1.165) is 0 Å². The van der Waals surface area contributed by atoms with Gasteiger partial charge in [-0.25, -0.2) is 14.1 Å². The zero-order chi connectivity index (χ0) is 20.3. The van der Waals surface area contributed by atoms with Crippen LogP contribution in [0.25, 0.3) is 11.0 Å². The Morgan fingerprint density at radius 2 is 2.04 bits per heavy atom. The third kappa shape index (κ3) is 4.28. The van der Waals surface area contributed by atoms with Crippen molar-refractivity contribution in [3.63, 3.8) is 0 Å². The topological polar surface area (TPSA) is 115 Å². The Labute approximate surface area is 166 Å². The first-order valence-corrected chi connectivity index (χ1v) is 8.99. The first-order valence-electron chi connectivity index (χ1n) is 8.20. The average molecular weight is 452 g/mol. The number of phenols is 1. The van der Waals surface area contributed by atoms with E-state index in [0.29, 0.717) is 16.7 Å². The highest BCUT2D eigenvalue weighted by Crippen LogP contribution is 2.30. The van der Waals surface area contributed by atoms with Crippen molar-refractivity contribution in [1.29, 1.82) is 0 Å². The van der Waals surface area contributed by atoms with Gasteiger partial charge >= 0.3 is 11.9 Å². The van der Waals surface area contributed by atoms with Gasteiger partial charge in [0, 0.05) is 18.0 Å². The van der Waals surface area contributed by atoms with Crippen LogP contribution in [0.5, 0.6) is 5.75 Å². The molecule has 146 valence electrons. The molecule has 3 rings (SSSR count). The Balaban J connectivity index is 1.84. The monoisotopic (exact) mass is 451 g/mol. The lowest BCUT2D eigenvalue weighted by molar-refractivity contribution is -0.150. The standard InChI is InChI=1S/C18H15BrFN3O5/c19-12-4-3-10(16(20)17(12)27)8-13-11-2-1-7-21-18(11)23(22-13)9-28-15(26)6-5-14(24)25/h1-4,7,27H,5-6,8-9H2,(H,24,25). The van der Waals surface area contributed by atoms with Crippen LogP contribution in [0.15, 0.2) is 34.9 Å². The van der Waals surface area contributed by atoms with Gasteiger partial charge in [0.1, 0.15) is 0 Å². The largest absolute Gasteiger partial charge is 0.504 e. The predicted octanol–water partition coefficient (Wildman–Crippen LogP) is 2.99. The molecule has 2 heterocycles. The summed E-state index contributed by atoms with van der Waals surface area (Å²) >= 11 is 3.06. The van der Waals surface area contributed by atoms with Gasteiger partial charge in [-0.05, 0) is 39.7 Å². The van der Waals surface area contributed by atoms with Crippen LogP contribution >= 0.6 is 15.9 Å². The minimum Gasteiger partial charge on any atom is -0.504 e. The second-order valence-corrected chi connectivity index (χ2v) is 6.76. The van der Waals surface area contributed by atoms with Crippen molar-refractivity contribution in [2.45, 2.75) is 26.0 Å². The van der Waals surface area contributed by atoms with Crippen LogP contribution in [0.1, 0.15) is 24.1 Å². The molecular formula is C18H15BrFN3O5. The van der Waals surface area contributed by atoms with E-state index >= 15 is 0 Å². The third-order valence-electron chi connectivity index (χ3n) is 3.98. The number of hydrogen-bond acceptors (Lipinski definition) is 6. The molecule has 0 unspecified atom stereocenters. The summed E-state index contributed by atoms with van der Waals surface area (Å²) in [6.45, 7) is -0.250. The normalized spacial score (nSPS) is 10.9. The summed E-state index contributed by atoms with van der Waals surface area (Å²) in [5.41, 5.74) is 1.17. The van der Waals surface area contributed by atoms with E-state index in [1.54, 1.807) is 18.3 Å². The lowest BCUT2D eigenvalue weighted by Gasteiger charge is -2.05. The van der Waals surface area contributed by atoms with Gasteiger partial charge in [-0.3, -0.25) is 9.59 Å². The van der Waals surface area contributed by atoms with Gasteiger partial charge in [0.15, 0.2) is 23.9 Å². The average Bonchev–Trinajstić information content (AvgIpc) is 3.03. The summed E-state index contributed by atoms with van der Waals surface area (Å²) < 4.78 is 21.0. The van der Waals surface area contributed by atoms with Crippen LogP contribution < -0.4 is 0 Å². The number of ether oxygens (including phenoxy) is 1. The smallest absolute Gasteiger partial charge is 0.308 e. The summed E-state index contributed by atoms with van der Waals surface area (Å²) in [6.07, 6.45) is 1.06. The molecule has 10 heteroatoms. The van der Waals surface area contributed by atoms with Gasteiger partial charge in [0.05, 0.1) is 23.0 Å². The summed E-state index contributed by atoms with van der Waals surface area (Å²) in [6, 6.07) is 6.53. The minimum absolute atomic E-state index is 0.0921. The quantitative estimate of drug-likeness (QED) is 0.530. The Hall–Kier alpha value is -3.01. The molecule has 0 fully saturated rings. The van der Waals surface area contributed by atoms with E-state index in [1.165, 1.54) is 16.8 Å². The van der Waals surface area contributed by atoms with Crippen molar-refractivity contribution >= 4 is 38.9 Å². The molecule has 3 aromatic rings. The number of aromatic nitrogens is 3. The van der Waals surface area contributed by atoms with Crippen molar-refractivity contribution in [2.75, 3.05) is 0 Å². The molecule has 0 aliphatic heterocycles. The summed E-state index contributed by atoms with van der Waals surface area (Å²) in [5, 5.41) is 23.4. The Kier molecular flexibility index (Phi) is 5.88. The van der Waals surface area contributed by atoms with Crippen molar-refractivity contribution in [3.8, 4) is 5.75 Å². The molecule has 2 N–H and O–H groups in total. The molecule has 0 bridgehead atoms. The number of carbonyl (C=O) groups is 2. The highest BCUT2D eigenvalue weighted by atomic mass is 79.9. The molecule has 0 amide bonds. The number of halogens is 2. The number of carbonyl (C=O) groups excluding carboxylic acids is 1. The highest BCUT2D eigenvalue weighted by Gasteiger charge is 2.17. The fourth-order valence-electron chi connectivity index (χ4n) is 2.61. The number of carboxylic acid groups (broad SMARTS) is 1. The first kappa shape index (κ1) is 19.7. The van der Waals surface area contributed by atoms with E-state index in [2.05, 4.69) is 26.0 Å². The molecule has 0 aliphatic carbocycles. The van der Waals surface area contributed by atoms with E-state index < -0.39 is 23.5 Å². The number of hydrogen-bond donors (Lipinski definition) is 2. The first-order chi connectivity index (χ1) is 13.4. The second kappa shape index (κ2) is 8.34. The molecule has 1 aromatic carbocycles. The number of aliphatic carboxylic acids is 1. The highest BCUT2D eigenvalue weighted by molar-refractivity contribution is 9.10. The molecule has 0 aliphatic rings. The Morgan fingerprint density at radius 3 is 2.79 bits per heavy atom. The number of phenolic OH excluding ortho intramolecular Hbond substituents is 1. The van der Waals surface area contributed by atoms with Gasteiger partial charge in [0.2, 0.25) is 0 Å². The second-order valence-electron chi connectivity index (χ2n) is 5.91. The number of esters is 1. The van der Waals surface area contributed by atoms with Crippen LogP contribution in [-0.4, -0.2) is 36.9 Å². The van der Waals surface area contributed by atoms with E-state index in [1.807, 2.05) is 0 Å². The van der Waals surface area contributed by atoms with Gasteiger partial charge in [-0.2, -0.15) is 5.10 Å². The predicted molar refractivity (Wildman–Crippen MR) is 99.1 cm³/mol. The maximum Gasteiger partial charge on any atom is 0.308 e. The number of rotatable bonds is 7. The van der Waals surface area contributed by atoms with Crippen molar-refractivity contribution in [1.82, 2.24) is 14.8 Å². The fourth-order valence-corrected chi connectivity index (χ4v) is 2.92. The van der Waals surface area contributed by atoms with Crippen LogP contribution in [-0.2, 0) is 27.5 Å². The van der Waals surface area contributed by atoms with E-state index in [-0.39, 0.29) is 36.0 Å². The number of benzene rings is 1. The fraction of sp³-hybridized carbons (Fsp3) is 0.222. The minimum atomic E-state index is -1.09. The zero-order valence-corrected chi connectivity index (χ0v) is 16.0. The van der Waals surface area contributed by atoms with Gasteiger partial charge in [-0.15, -0.1) is 0 Å². The third-order valence-corrected chi connectivity index (χ3v) is 4.62. The van der Waals surface area contributed by atoms with Gasteiger partial charge < -0.3 is 14.9 Å². The van der Waals surface area contributed by atoms with E-state index in [9.17, 15) is 19.1 Å². The number of fused-ring (bicyclic) bond motifs is 1. The van der Waals surface area contributed by atoms with Gasteiger partial charge in [0.25, 0.3) is 0 Å². The summed E-state index contributed by atoms with van der Waals surface area (Å²) in [5.74, 6) is -2.99. The van der Waals surface area contributed by atoms with Gasteiger partial charge in [-0.1, -0.05) is 6.07 Å². The zero-order valence-electron chi connectivity index (χ0n) is 14.4. The molecule has 0 atom stereocenters. The van der Waals surface area contributed by atoms with E-state index in [4.69, 9.17) is 9.84 Å². The number of nitrogens with zero attached hydrogens (tertiary/aromatic N) is 3. The van der Waals surface area contributed by atoms with Crippen molar-refractivity contribution in [3.05, 3.63) is 52.0 Å². The van der Waals surface area contributed by atoms with Crippen molar-refractivity contribution < 1.29 is 28.9 Å². The van der Waals surface area contributed by atoms with Crippen LogP contribution in [0, 0.1) is 5.82 Å². The molecule has 0 spiro atoms. The lowest BCUT2D eigenvalue weighted by atomic mass is 10.1. The summed E-state index contributed by atoms with van der Waals surface area (Å²) in [4.78, 5) is 26.4. The number of aromatic hydroxyl groups is 1. The summed E-state index contributed by atoms with van der Waals surface area (Å²) in [7, 11) is 0. The molecule has 0 saturated heterocycles. The molecule has 0 saturated carbocycles. The molecular weight excluding hydrogens is 437 g/mol. The maximum absolute atomic E-state index is 14.3. The van der Waals surface area contributed by atoms with Crippen molar-refractivity contribution in [2.24, 2.45) is 0 Å². The molecule has 28 heavy (non-hydrogen) atoms. The van der Waals surface area contributed by atoms with Crippen LogP contribution in [0.2, 0.25) is 0 Å².